The first-order valence-electron chi connectivity index (χ1n) is 7.32. The van der Waals surface area contributed by atoms with Crippen LogP contribution in [0.25, 0.3) is 0 Å². The molecule has 1 aromatic heterocycles. The monoisotopic (exact) mass is 442 g/mol. The molecule has 0 bridgehead atoms. The minimum atomic E-state index is -4.46. The van der Waals surface area contributed by atoms with Gasteiger partial charge >= 0.3 is 6.18 Å². The second-order valence-electron chi connectivity index (χ2n) is 5.17. The maximum absolute atomic E-state index is 12.1. The van der Waals surface area contributed by atoms with Crippen molar-refractivity contribution in [1.82, 2.24) is 10.3 Å². The van der Waals surface area contributed by atoms with Crippen LogP contribution in [-0.2, 0) is 11.3 Å². The zero-order chi connectivity index (χ0) is 20.0. The molecule has 11 heteroatoms. The number of aromatic nitrogens is 1. The molecule has 1 amide bonds. The third-order valence-electron chi connectivity index (χ3n) is 3.01. The molecule has 0 unspecified atom stereocenters. The lowest BCUT2D eigenvalue weighted by atomic mass is 10.2. The number of pyridine rings is 1. The van der Waals surface area contributed by atoms with E-state index >= 15 is 0 Å². The molecule has 0 saturated heterocycles. The van der Waals surface area contributed by atoms with E-state index in [0.29, 0.717) is 5.56 Å². The van der Waals surface area contributed by atoms with Crippen LogP contribution in [0.15, 0.2) is 30.5 Å². The molecule has 0 aliphatic rings. The van der Waals surface area contributed by atoms with Gasteiger partial charge in [0.2, 0.25) is 5.88 Å². The van der Waals surface area contributed by atoms with Crippen LogP contribution >= 0.6 is 34.8 Å². The molecule has 0 fully saturated rings. The number of halogens is 6. The Morgan fingerprint density at radius 1 is 1.07 bits per heavy atom. The summed E-state index contributed by atoms with van der Waals surface area (Å²) in [6, 6.07) is 5.59. The highest BCUT2D eigenvalue weighted by atomic mass is 35.5. The first kappa shape index (κ1) is 21.4. The summed E-state index contributed by atoms with van der Waals surface area (Å²) in [5.74, 6) is -0.488. The summed E-state index contributed by atoms with van der Waals surface area (Å²) < 4.78 is 46.3. The fourth-order valence-corrected chi connectivity index (χ4v) is 2.40. The van der Waals surface area contributed by atoms with E-state index in [0.717, 1.165) is 0 Å². The molecule has 5 nitrogen and oxygen atoms in total. The van der Waals surface area contributed by atoms with Crippen LogP contribution < -0.4 is 14.8 Å². The summed E-state index contributed by atoms with van der Waals surface area (Å²) in [5, 5.41) is 3.21. The minimum absolute atomic E-state index is 0.0438. The predicted octanol–water partition coefficient (Wildman–Crippen LogP) is 4.68. The van der Waals surface area contributed by atoms with Crippen molar-refractivity contribution in [3.05, 3.63) is 51.1 Å². The normalized spacial score (nSPS) is 11.2. The first-order chi connectivity index (χ1) is 12.6. The lowest BCUT2D eigenvalue weighted by molar-refractivity contribution is -0.154. The van der Waals surface area contributed by atoms with Gasteiger partial charge in [0, 0.05) is 24.9 Å². The third-order valence-corrected chi connectivity index (χ3v) is 4.02. The van der Waals surface area contributed by atoms with E-state index in [1.165, 1.54) is 30.5 Å². The van der Waals surface area contributed by atoms with Gasteiger partial charge in [-0.15, -0.1) is 0 Å². The molecule has 1 aromatic carbocycles. The number of benzene rings is 1. The van der Waals surface area contributed by atoms with Crippen molar-refractivity contribution < 1.29 is 27.4 Å². The van der Waals surface area contributed by atoms with Gasteiger partial charge < -0.3 is 14.8 Å². The van der Waals surface area contributed by atoms with E-state index < -0.39 is 18.7 Å². The van der Waals surface area contributed by atoms with Gasteiger partial charge in [0.05, 0.1) is 15.1 Å². The molecule has 2 rings (SSSR count). The van der Waals surface area contributed by atoms with Gasteiger partial charge in [0.1, 0.15) is 5.75 Å². The molecule has 146 valence electrons. The molecule has 0 radical (unpaired) electrons. The molecule has 0 aliphatic carbocycles. The van der Waals surface area contributed by atoms with Crippen LogP contribution in [0.4, 0.5) is 13.2 Å². The highest BCUT2D eigenvalue weighted by Crippen LogP contribution is 2.33. The summed E-state index contributed by atoms with van der Waals surface area (Å²) in [5.41, 5.74) is 0.503. The number of rotatable bonds is 7. The van der Waals surface area contributed by atoms with Crippen LogP contribution in [0.3, 0.4) is 0 Å². The smallest absolute Gasteiger partial charge is 0.422 e. The molecule has 0 aliphatic heterocycles. The molecular formula is C16H12Cl3F3N2O3. The molecule has 0 atom stereocenters. The lowest BCUT2D eigenvalue weighted by Crippen LogP contribution is -2.28. The Balaban J connectivity index is 1.84. The predicted molar refractivity (Wildman–Crippen MR) is 94.6 cm³/mol. The number of carbonyl (C=O) groups is 1. The van der Waals surface area contributed by atoms with Crippen molar-refractivity contribution in [2.45, 2.75) is 12.7 Å². The maximum Gasteiger partial charge on any atom is 0.422 e. The first-order valence-corrected chi connectivity index (χ1v) is 8.46. The number of nitrogens with one attached hydrogen (secondary N) is 1. The van der Waals surface area contributed by atoms with E-state index in [9.17, 15) is 18.0 Å². The van der Waals surface area contributed by atoms with Crippen LogP contribution in [0.1, 0.15) is 5.56 Å². The number of nitrogens with zero attached hydrogens (tertiary/aromatic N) is 1. The average molecular weight is 444 g/mol. The van der Waals surface area contributed by atoms with Gasteiger partial charge in [-0.25, -0.2) is 4.98 Å². The van der Waals surface area contributed by atoms with Gasteiger partial charge in [-0.3, -0.25) is 4.79 Å². The number of carbonyl (C=O) groups excluding carboxylic acids is 1. The summed E-state index contributed by atoms with van der Waals surface area (Å²) >= 11 is 17.6. The van der Waals surface area contributed by atoms with E-state index in [1.54, 1.807) is 0 Å². The molecule has 2 aromatic rings. The van der Waals surface area contributed by atoms with Gasteiger partial charge in [-0.1, -0.05) is 34.8 Å². The summed E-state index contributed by atoms with van der Waals surface area (Å²) in [6.45, 7) is -1.75. The van der Waals surface area contributed by atoms with E-state index in [-0.39, 0.29) is 39.8 Å². The highest BCUT2D eigenvalue weighted by Gasteiger charge is 2.28. The fraction of sp³-hybridized carbons (Fsp3) is 0.250. The third kappa shape index (κ3) is 7.32. The highest BCUT2D eigenvalue weighted by molar-refractivity contribution is 6.43. The maximum atomic E-state index is 12.1. The average Bonchev–Trinajstić information content (AvgIpc) is 2.60. The Labute approximate surface area is 167 Å². The Bertz CT molecular complexity index is 819. The number of hydrogen-bond donors (Lipinski definition) is 1. The van der Waals surface area contributed by atoms with Crippen molar-refractivity contribution in [2.24, 2.45) is 0 Å². The van der Waals surface area contributed by atoms with Gasteiger partial charge in [-0.2, -0.15) is 13.2 Å². The summed E-state index contributed by atoms with van der Waals surface area (Å²) in [6.07, 6.45) is -3.19. The molecular weight excluding hydrogens is 432 g/mol. The second kappa shape index (κ2) is 9.34. The van der Waals surface area contributed by atoms with E-state index in [1.807, 2.05) is 0 Å². The van der Waals surface area contributed by atoms with Crippen LogP contribution in [0, 0.1) is 0 Å². The Kier molecular flexibility index (Phi) is 7.41. The van der Waals surface area contributed by atoms with Gasteiger partial charge in [0.15, 0.2) is 13.2 Å². The molecule has 1 heterocycles. The minimum Gasteiger partial charge on any atom is -0.482 e. The summed E-state index contributed by atoms with van der Waals surface area (Å²) in [7, 11) is 0. The molecule has 27 heavy (non-hydrogen) atoms. The number of ether oxygens (including phenoxy) is 2. The number of alkyl halides is 3. The van der Waals surface area contributed by atoms with Crippen LogP contribution in [0.5, 0.6) is 11.6 Å². The van der Waals surface area contributed by atoms with Crippen molar-refractivity contribution in [2.75, 3.05) is 13.2 Å². The van der Waals surface area contributed by atoms with Crippen molar-refractivity contribution in [3.8, 4) is 11.6 Å². The fourth-order valence-electron chi connectivity index (χ4n) is 1.81. The van der Waals surface area contributed by atoms with Crippen molar-refractivity contribution >= 4 is 40.7 Å². The number of hydrogen-bond acceptors (Lipinski definition) is 4. The Hall–Kier alpha value is -1.90. The van der Waals surface area contributed by atoms with Crippen molar-refractivity contribution in [1.29, 1.82) is 0 Å². The van der Waals surface area contributed by atoms with E-state index in [4.69, 9.17) is 39.5 Å². The standard InChI is InChI=1S/C16H12Cl3F3N2O3/c17-10-4-12(19)13(5-11(10)18)26-7-14(25)24-6-9-1-2-23-15(3-9)27-8-16(20,21)22/h1-5H,6-8H2,(H,24,25). The Morgan fingerprint density at radius 2 is 1.78 bits per heavy atom. The van der Waals surface area contributed by atoms with Crippen LogP contribution in [-0.4, -0.2) is 30.3 Å². The largest absolute Gasteiger partial charge is 0.482 e. The zero-order valence-corrected chi connectivity index (χ0v) is 15.7. The van der Waals surface area contributed by atoms with Gasteiger partial charge in [-0.05, 0) is 17.7 Å². The van der Waals surface area contributed by atoms with Gasteiger partial charge in [0.25, 0.3) is 5.91 Å². The van der Waals surface area contributed by atoms with Crippen molar-refractivity contribution in [3.63, 3.8) is 0 Å². The second-order valence-corrected chi connectivity index (χ2v) is 6.39. The zero-order valence-electron chi connectivity index (χ0n) is 13.4. The molecule has 0 saturated carbocycles. The van der Waals surface area contributed by atoms with E-state index in [2.05, 4.69) is 15.0 Å². The topological polar surface area (TPSA) is 60.5 Å². The quantitative estimate of drug-likeness (QED) is 0.632. The SMILES string of the molecule is O=C(COc1cc(Cl)c(Cl)cc1Cl)NCc1ccnc(OCC(F)(F)F)c1. The van der Waals surface area contributed by atoms with Crippen LogP contribution in [0.2, 0.25) is 15.1 Å². The lowest BCUT2D eigenvalue weighted by Gasteiger charge is -2.11. The number of amides is 1. The molecule has 0 spiro atoms. The Morgan fingerprint density at radius 3 is 2.48 bits per heavy atom. The summed E-state index contributed by atoms with van der Waals surface area (Å²) in [4.78, 5) is 15.5. The molecule has 1 N–H and O–H groups in total.